The Bertz CT molecular complexity index is 238. The van der Waals surface area contributed by atoms with Gasteiger partial charge < -0.3 is 10.1 Å². The lowest BCUT2D eigenvalue weighted by atomic mass is 9.89. The zero-order chi connectivity index (χ0) is 12.0. The van der Waals surface area contributed by atoms with Gasteiger partial charge in [-0.05, 0) is 25.7 Å². The number of hydrogen-bond acceptors (Lipinski definition) is 3. The lowest BCUT2D eigenvalue weighted by molar-refractivity contribution is -0.0833. The van der Waals surface area contributed by atoms with Crippen molar-refractivity contribution in [3.63, 3.8) is 0 Å². The zero-order valence-corrected chi connectivity index (χ0v) is 11.6. The molecule has 0 bridgehead atoms. The van der Waals surface area contributed by atoms with Crippen molar-refractivity contribution in [2.45, 2.75) is 50.2 Å². The summed E-state index contributed by atoms with van der Waals surface area (Å²) in [7, 11) is 0. The van der Waals surface area contributed by atoms with Crippen LogP contribution in [-0.4, -0.2) is 36.3 Å². The highest BCUT2D eigenvalue weighted by Gasteiger charge is 2.39. The predicted octanol–water partition coefficient (Wildman–Crippen LogP) is 2.99. The maximum Gasteiger partial charge on any atom is 0.0697 e. The van der Waals surface area contributed by atoms with Gasteiger partial charge in [-0.25, -0.2) is 0 Å². The van der Waals surface area contributed by atoms with Gasteiger partial charge in [0.05, 0.1) is 5.60 Å². The first-order chi connectivity index (χ1) is 8.35. The summed E-state index contributed by atoms with van der Waals surface area (Å²) in [5, 5.41) is 3.70. The Hall–Kier alpha value is 0.01000. The molecule has 1 heterocycles. The summed E-state index contributed by atoms with van der Waals surface area (Å²) in [5.41, 5.74) is 0.254. The van der Waals surface area contributed by atoms with E-state index < -0.39 is 0 Å². The molecular formula is C14H25NOS. The van der Waals surface area contributed by atoms with Crippen LogP contribution in [0.1, 0.15) is 38.5 Å². The van der Waals surface area contributed by atoms with Crippen molar-refractivity contribution >= 4 is 11.8 Å². The molecule has 0 amide bonds. The van der Waals surface area contributed by atoms with Gasteiger partial charge in [-0.3, -0.25) is 0 Å². The fraction of sp³-hybridized carbons (Fsp3) is 0.857. The molecule has 0 aromatic rings. The zero-order valence-electron chi connectivity index (χ0n) is 10.7. The molecule has 1 unspecified atom stereocenters. The molecule has 98 valence electrons. The van der Waals surface area contributed by atoms with E-state index in [0.29, 0.717) is 6.04 Å². The van der Waals surface area contributed by atoms with E-state index in [1.54, 1.807) is 0 Å². The first-order valence-electron chi connectivity index (χ1n) is 6.91. The Morgan fingerprint density at radius 1 is 1.41 bits per heavy atom. The van der Waals surface area contributed by atoms with Crippen molar-refractivity contribution in [1.82, 2.24) is 5.32 Å². The average molecular weight is 255 g/mol. The first-order valence-corrected chi connectivity index (χ1v) is 8.06. The standard InChI is InChI=1S/C14H25NOS/c1-2-10-17-11-8-15-13-5-9-16-14(12-13)6-3-4-7-14/h2,13,15H,1,3-12H2. The Balaban J connectivity index is 1.65. The van der Waals surface area contributed by atoms with Gasteiger partial charge in [0, 0.05) is 30.7 Å². The van der Waals surface area contributed by atoms with Crippen molar-refractivity contribution in [3.05, 3.63) is 12.7 Å². The van der Waals surface area contributed by atoms with Gasteiger partial charge in [-0.15, -0.1) is 6.58 Å². The minimum atomic E-state index is 0.254. The predicted molar refractivity (Wildman–Crippen MR) is 75.7 cm³/mol. The van der Waals surface area contributed by atoms with Gasteiger partial charge in [0.15, 0.2) is 0 Å². The fourth-order valence-corrected chi connectivity index (χ4v) is 3.67. The molecule has 0 aromatic heterocycles. The molecule has 17 heavy (non-hydrogen) atoms. The second kappa shape index (κ2) is 6.81. The van der Waals surface area contributed by atoms with E-state index in [0.717, 1.165) is 18.9 Å². The molecule has 3 heteroatoms. The maximum atomic E-state index is 6.04. The normalized spacial score (nSPS) is 27.4. The second-order valence-electron chi connectivity index (χ2n) is 5.25. The lowest BCUT2D eigenvalue weighted by Crippen LogP contribution is -2.46. The van der Waals surface area contributed by atoms with Crippen molar-refractivity contribution in [2.75, 3.05) is 24.7 Å². The highest BCUT2D eigenvalue weighted by Crippen LogP contribution is 2.39. The molecule has 2 fully saturated rings. The van der Waals surface area contributed by atoms with E-state index in [4.69, 9.17) is 4.74 Å². The molecule has 1 aliphatic heterocycles. The molecule has 2 rings (SSSR count). The van der Waals surface area contributed by atoms with Crippen LogP contribution < -0.4 is 5.32 Å². The molecule has 1 saturated heterocycles. The van der Waals surface area contributed by atoms with E-state index in [9.17, 15) is 0 Å². The highest BCUT2D eigenvalue weighted by molar-refractivity contribution is 7.99. The molecule has 2 nitrogen and oxygen atoms in total. The van der Waals surface area contributed by atoms with E-state index in [1.165, 1.54) is 44.3 Å². The third-order valence-electron chi connectivity index (χ3n) is 3.92. The monoisotopic (exact) mass is 255 g/mol. The SMILES string of the molecule is C=CCSCCNC1CCOC2(CCCC2)C1. The molecule has 1 N–H and O–H groups in total. The van der Waals surface area contributed by atoms with Crippen LogP contribution >= 0.6 is 11.8 Å². The minimum absolute atomic E-state index is 0.254. The van der Waals surface area contributed by atoms with E-state index in [-0.39, 0.29) is 5.60 Å². The quantitative estimate of drug-likeness (QED) is 0.582. The summed E-state index contributed by atoms with van der Waals surface area (Å²) >= 11 is 1.95. The van der Waals surface area contributed by atoms with Crippen LogP contribution in [0.2, 0.25) is 0 Å². The van der Waals surface area contributed by atoms with Crippen molar-refractivity contribution in [1.29, 1.82) is 0 Å². The Labute approximate surface area is 110 Å². The first kappa shape index (κ1) is 13.4. The van der Waals surface area contributed by atoms with Crippen LogP contribution in [0, 0.1) is 0 Å². The van der Waals surface area contributed by atoms with Crippen LogP contribution in [0.4, 0.5) is 0 Å². The Morgan fingerprint density at radius 3 is 3.00 bits per heavy atom. The van der Waals surface area contributed by atoms with Crippen molar-refractivity contribution < 1.29 is 4.74 Å². The molecule has 2 aliphatic rings. The van der Waals surface area contributed by atoms with Gasteiger partial charge >= 0.3 is 0 Å². The number of rotatable bonds is 6. The number of hydrogen-bond donors (Lipinski definition) is 1. The fourth-order valence-electron chi connectivity index (χ4n) is 3.07. The van der Waals surface area contributed by atoms with E-state index in [2.05, 4.69) is 11.9 Å². The van der Waals surface area contributed by atoms with Crippen LogP contribution in [-0.2, 0) is 4.74 Å². The average Bonchev–Trinajstić information content (AvgIpc) is 2.77. The van der Waals surface area contributed by atoms with Gasteiger partial charge in [0.25, 0.3) is 0 Å². The summed E-state index contributed by atoms with van der Waals surface area (Å²) in [5.74, 6) is 2.26. The molecule has 1 saturated carbocycles. The minimum Gasteiger partial charge on any atom is -0.375 e. The topological polar surface area (TPSA) is 21.3 Å². The van der Waals surface area contributed by atoms with E-state index in [1.807, 2.05) is 17.8 Å². The third kappa shape index (κ3) is 4.01. The van der Waals surface area contributed by atoms with Gasteiger partial charge in [0.2, 0.25) is 0 Å². The molecule has 0 radical (unpaired) electrons. The maximum absolute atomic E-state index is 6.04. The third-order valence-corrected chi connectivity index (χ3v) is 4.89. The van der Waals surface area contributed by atoms with Gasteiger partial charge in [-0.2, -0.15) is 11.8 Å². The summed E-state index contributed by atoms with van der Waals surface area (Å²) in [6, 6.07) is 0.686. The second-order valence-corrected chi connectivity index (χ2v) is 6.40. The number of nitrogens with one attached hydrogen (secondary N) is 1. The smallest absolute Gasteiger partial charge is 0.0697 e. The Kier molecular flexibility index (Phi) is 5.39. The van der Waals surface area contributed by atoms with Gasteiger partial charge in [0.1, 0.15) is 0 Å². The summed E-state index contributed by atoms with van der Waals surface area (Å²) in [6.45, 7) is 5.82. The molecule has 1 spiro atoms. The van der Waals surface area contributed by atoms with Crippen LogP contribution in [0.3, 0.4) is 0 Å². The number of ether oxygens (including phenoxy) is 1. The van der Waals surface area contributed by atoms with Crippen LogP contribution in [0.25, 0.3) is 0 Å². The molecular weight excluding hydrogens is 230 g/mol. The Morgan fingerprint density at radius 2 is 2.24 bits per heavy atom. The van der Waals surface area contributed by atoms with Crippen molar-refractivity contribution in [2.24, 2.45) is 0 Å². The van der Waals surface area contributed by atoms with Crippen LogP contribution in [0.5, 0.6) is 0 Å². The van der Waals surface area contributed by atoms with Crippen molar-refractivity contribution in [3.8, 4) is 0 Å². The van der Waals surface area contributed by atoms with Gasteiger partial charge in [-0.1, -0.05) is 18.9 Å². The van der Waals surface area contributed by atoms with E-state index >= 15 is 0 Å². The molecule has 1 aliphatic carbocycles. The lowest BCUT2D eigenvalue weighted by Gasteiger charge is -2.38. The summed E-state index contributed by atoms with van der Waals surface area (Å²) in [4.78, 5) is 0. The highest BCUT2D eigenvalue weighted by atomic mass is 32.2. The molecule has 0 aromatic carbocycles. The largest absolute Gasteiger partial charge is 0.375 e. The number of thioether (sulfide) groups is 1. The van der Waals surface area contributed by atoms with Crippen LogP contribution in [0.15, 0.2) is 12.7 Å². The summed E-state index contributed by atoms with van der Waals surface area (Å²) in [6.07, 6.45) is 9.70. The summed E-state index contributed by atoms with van der Waals surface area (Å²) < 4.78 is 6.04. The molecule has 1 atom stereocenters.